The van der Waals surface area contributed by atoms with Crippen molar-refractivity contribution in [3.05, 3.63) is 59.7 Å². The van der Waals surface area contributed by atoms with Gasteiger partial charge in [-0.25, -0.2) is 0 Å². The largest absolute Gasteiger partial charge is 0.482 e. The molecule has 0 aromatic heterocycles. The van der Waals surface area contributed by atoms with Crippen LogP contribution in [0.25, 0.3) is 0 Å². The summed E-state index contributed by atoms with van der Waals surface area (Å²) in [6, 6.07) is 15.4. The van der Waals surface area contributed by atoms with Gasteiger partial charge in [0.1, 0.15) is 5.75 Å². The summed E-state index contributed by atoms with van der Waals surface area (Å²) in [7, 11) is 1.67. The Bertz CT molecular complexity index is 968. The van der Waals surface area contributed by atoms with Crippen LogP contribution in [-0.4, -0.2) is 67.2 Å². The molecule has 2 aromatic rings. The molecule has 162 valence electrons. The molecule has 0 atom stereocenters. The molecule has 1 fully saturated rings. The third-order valence-corrected chi connectivity index (χ3v) is 5.91. The van der Waals surface area contributed by atoms with Crippen LogP contribution in [-0.2, 0) is 16.1 Å². The van der Waals surface area contributed by atoms with Gasteiger partial charge < -0.3 is 14.5 Å². The normalized spacial score (nSPS) is 16.6. The lowest BCUT2D eigenvalue weighted by Crippen LogP contribution is -2.48. The van der Waals surface area contributed by atoms with Crippen LogP contribution in [0, 0.1) is 0 Å². The Morgan fingerprint density at radius 3 is 2.45 bits per heavy atom. The fraction of sp³-hybridized carbons (Fsp3) is 0.375. The van der Waals surface area contributed by atoms with Gasteiger partial charge >= 0.3 is 0 Å². The number of carbonyl (C=O) groups is 3. The van der Waals surface area contributed by atoms with Gasteiger partial charge in [-0.2, -0.15) is 0 Å². The maximum Gasteiger partial charge on any atom is 0.264 e. The third kappa shape index (κ3) is 4.94. The molecule has 7 heteroatoms. The zero-order valence-corrected chi connectivity index (χ0v) is 17.8. The fourth-order valence-electron chi connectivity index (χ4n) is 3.97. The molecule has 0 unspecified atom stereocenters. The van der Waals surface area contributed by atoms with E-state index in [1.54, 1.807) is 25.2 Å². The Balaban J connectivity index is 1.26. The number of carbonyl (C=O) groups excluding carboxylic acids is 3. The van der Waals surface area contributed by atoms with Crippen LogP contribution in [0.15, 0.2) is 48.5 Å². The van der Waals surface area contributed by atoms with Crippen LogP contribution in [0.5, 0.6) is 5.75 Å². The third-order valence-electron chi connectivity index (χ3n) is 5.91. The van der Waals surface area contributed by atoms with Crippen molar-refractivity contribution >= 4 is 23.3 Å². The van der Waals surface area contributed by atoms with E-state index in [1.165, 1.54) is 10.5 Å². The lowest BCUT2D eigenvalue weighted by Gasteiger charge is -2.34. The zero-order valence-electron chi connectivity index (χ0n) is 17.8. The van der Waals surface area contributed by atoms with Crippen molar-refractivity contribution < 1.29 is 19.1 Å². The van der Waals surface area contributed by atoms with Gasteiger partial charge in [0.15, 0.2) is 12.4 Å². The molecule has 2 aliphatic rings. The Hall–Kier alpha value is -3.19. The fourth-order valence-corrected chi connectivity index (χ4v) is 3.97. The molecule has 2 heterocycles. The number of Topliss-reactive ketones (excluding diaryl/α,β-unsaturated/α-hetero) is 1. The summed E-state index contributed by atoms with van der Waals surface area (Å²) in [4.78, 5) is 42.8. The first-order valence-corrected chi connectivity index (χ1v) is 10.6. The highest BCUT2D eigenvalue weighted by Crippen LogP contribution is 2.32. The molecule has 0 saturated carbocycles. The zero-order chi connectivity index (χ0) is 21.8. The van der Waals surface area contributed by atoms with Crippen molar-refractivity contribution in [3.63, 3.8) is 0 Å². The van der Waals surface area contributed by atoms with Gasteiger partial charge in [0.05, 0.1) is 5.69 Å². The number of hydrogen-bond donors (Lipinski definition) is 0. The summed E-state index contributed by atoms with van der Waals surface area (Å²) in [5.74, 6) is 0.341. The highest BCUT2D eigenvalue weighted by atomic mass is 16.5. The van der Waals surface area contributed by atoms with Crippen molar-refractivity contribution in [2.45, 2.75) is 19.4 Å². The van der Waals surface area contributed by atoms with Gasteiger partial charge in [-0.1, -0.05) is 30.3 Å². The van der Waals surface area contributed by atoms with Crippen LogP contribution >= 0.6 is 0 Å². The molecule has 0 bridgehead atoms. The van der Waals surface area contributed by atoms with Crippen LogP contribution in [0.2, 0.25) is 0 Å². The average Bonchev–Trinajstić information content (AvgIpc) is 2.80. The Morgan fingerprint density at radius 2 is 1.71 bits per heavy atom. The molecule has 0 N–H and O–H groups in total. The first kappa shape index (κ1) is 21.1. The summed E-state index contributed by atoms with van der Waals surface area (Å²) in [5.41, 5.74) is 2.35. The van der Waals surface area contributed by atoms with E-state index < -0.39 is 0 Å². The molecule has 1 saturated heterocycles. The second-order valence-electron chi connectivity index (χ2n) is 7.99. The SMILES string of the molecule is CN1C(=O)COc2ccc(C(=O)CCC(=O)N3CCN(Cc4ccccc4)CC3)cc21. The van der Waals surface area contributed by atoms with Crippen LogP contribution in [0.1, 0.15) is 28.8 Å². The van der Waals surface area contributed by atoms with E-state index in [1.807, 2.05) is 23.1 Å². The number of ketones is 1. The molecule has 2 amide bonds. The van der Waals surface area contributed by atoms with E-state index in [4.69, 9.17) is 4.74 Å². The first-order chi connectivity index (χ1) is 15.0. The van der Waals surface area contributed by atoms with E-state index in [9.17, 15) is 14.4 Å². The van der Waals surface area contributed by atoms with E-state index in [-0.39, 0.29) is 37.0 Å². The molecule has 0 aliphatic carbocycles. The number of likely N-dealkylation sites (N-methyl/N-ethyl adjacent to an activating group) is 1. The molecular weight excluding hydrogens is 394 g/mol. The van der Waals surface area contributed by atoms with E-state index in [0.717, 1.165) is 19.6 Å². The summed E-state index contributed by atoms with van der Waals surface area (Å²) < 4.78 is 5.40. The number of hydrogen-bond acceptors (Lipinski definition) is 5. The second-order valence-corrected chi connectivity index (χ2v) is 7.99. The van der Waals surface area contributed by atoms with Crippen molar-refractivity contribution in [3.8, 4) is 5.75 Å². The number of anilines is 1. The number of piperazine rings is 1. The summed E-state index contributed by atoms with van der Waals surface area (Å²) in [5, 5.41) is 0. The molecule has 7 nitrogen and oxygen atoms in total. The maximum absolute atomic E-state index is 12.6. The summed E-state index contributed by atoms with van der Waals surface area (Å²) in [6.07, 6.45) is 0.347. The Labute approximate surface area is 182 Å². The number of benzene rings is 2. The van der Waals surface area contributed by atoms with Crippen molar-refractivity contribution in [1.29, 1.82) is 0 Å². The lowest BCUT2D eigenvalue weighted by molar-refractivity contribution is -0.133. The van der Waals surface area contributed by atoms with Crippen LogP contribution in [0.3, 0.4) is 0 Å². The second kappa shape index (κ2) is 9.31. The molecule has 4 rings (SSSR count). The van der Waals surface area contributed by atoms with Gasteiger partial charge in [-0.15, -0.1) is 0 Å². The number of rotatable bonds is 6. The molecule has 31 heavy (non-hydrogen) atoms. The number of ether oxygens (including phenoxy) is 1. The maximum atomic E-state index is 12.6. The number of amides is 2. The van der Waals surface area contributed by atoms with Gasteiger partial charge in [-0.05, 0) is 23.8 Å². The quantitative estimate of drug-likeness (QED) is 0.670. The highest BCUT2D eigenvalue weighted by Gasteiger charge is 2.25. The first-order valence-electron chi connectivity index (χ1n) is 10.6. The van der Waals surface area contributed by atoms with Gasteiger partial charge in [0.25, 0.3) is 5.91 Å². The lowest BCUT2D eigenvalue weighted by atomic mass is 10.0. The topological polar surface area (TPSA) is 70.2 Å². The van der Waals surface area contributed by atoms with Crippen molar-refractivity contribution in [1.82, 2.24) is 9.80 Å². The smallest absolute Gasteiger partial charge is 0.264 e. The monoisotopic (exact) mass is 421 g/mol. The molecule has 2 aliphatic heterocycles. The predicted octanol–water partition coefficient (Wildman–Crippen LogP) is 2.35. The standard InChI is InChI=1S/C24H27N3O4/c1-25-20-15-19(7-9-22(20)31-17-24(25)30)21(28)8-10-23(29)27-13-11-26(12-14-27)16-18-5-3-2-4-6-18/h2-7,9,15H,8,10-14,16-17H2,1H3. The average molecular weight is 421 g/mol. The van der Waals surface area contributed by atoms with Crippen LogP contribution in [0.4, 0.5) is 5.69 Å². The predicted molar refractivity (Wildman–Crippen MR) is 117 cm³/mol. The minimum atomic E-state index is -0.154. The van der Waals surface area contributed by atoms with E-state index in [0.29, 0.717) is 30.1 Å². The molecule has 0 spiro atoms. The van der Waals surface area contributed by atoms with E-state index >= 15 is 0 Å². The van der Waals surface area contributed by atoms with Crippen molar-refractivity contribution in [2.24, 2.45) is 0 Å². The van der Waals surface area contributed by atoms with Gasteiger partial charge in [-0.3, -0.25) is 19.3 Å². The Kier molecular flexibility index (Phi) is 6.32. The van der Waals surface area contributed by atoms with E-state index in [2.05, 4.69) is 17.0 Å². The van der Waals surface area contributed by atoms with Gasteiger partial charge in [0, 0.05) is 58.2 Å². The van der Waals surface area contributed by atoms with Crippen LogP contribution < -0.4 is 9.64 Å². The minimum absolute atomic E-state index is 0.00388. The number of nitrogens with zero attached hydrogens (tertiary/aromatic N) is 3. The van der Waals surface area contributed by atoms with Crippen molar-refractivity contribution in [2.75, 3.05) is 44.7 Å². The Morgan fingerprint density at radius 1 is 0.968 bits per heavy atom. The van der Waals surface area contributed by atoms with Gasteiger partial charge in [0.2, 0.25) is 5.91 Å². The molecular formula is C24H27N3O4. The molecule has 2 aromatic carbocycles. The summed E-state index contributed by atoms with van der Waals surface area (Å²) >= 11 is 0. The highest BCUT2D eigenvalue weighted by molar-refractivity contribution is 6.02. The summed E-state index contributed by atoms with van der Waals surface area (Å²) in [6.45, 7) is 3.93. The molecule has 0 radical (unpaired) electrons. The minimum Gasteiger partial charge on any atom is -0.482 e. The number of fused-ring (bicyclic) bond motifs is 1.